The van der Waals surface area contributed by atoms with Crippen molar-refractivity contribution in [3.05, 3.63) is 65.7 Å². The van der Waals surface area contributed by atoms with Crippen LogP contribution >= 0.6 is 0 Å². The molecule has 5 nitrogen and oxygen atoms in total. The first kappa shape index (κ1) is 19.7. The Hall–Kier alpha value is -2.57. The van der Waals surface area contributed by atoms with Gasteiger partial charge in [-0.1, -0.05) is 35.9 Å². The van der Waals surface area contributed by atoms with Crippen molar-refractivity contribution in [1.82, 2.24) is 10.1 Å². The Morgan fingerprint density at radius 1 is 1.34 bits per heavy atom. The number of likely N-dealkylation sites (tertiary alicyclic amines) is 1. The normalized spacial score (nSPS) is 21.8. The van der Waals surface area contributed by atoms with Crippen LogP contribution in [0.1, 0.15) is 25.0 Å². The summed E-state index contributed by atoms with van der Waals surface area (Å²) in [7, 11) is 1.58. The SMILES string of the molecule is COC1C(=O)C=CC=C1C(C=CCc1noc2cc(F)ccc12)N1CCCCC1. The van der Waals surface area contributed by atoms with E-state index in [-0.39, 0.29) is 17.6 Å². The first-order chi connectivity index (χ1) is 14.2. The number of carbonyl (C=O) groups is 1. The second kappa shape index (κ2) is 8.84. The maximum atomic E-state index is 13.4. The van der Waals surface area contributed by atoms with E-state index >= 15 is 0 Å². The molecule has 0 spiro atoms. The van der Waals surface area contributed by atoms with Gasteiger partial charge in [0.05, 0.1) is 11.7 Å². The number of piperidine rings is 1. The number of carbonyl (C=O) groups excluding carboxylic acids is 1. The van der Waals surface area contributed by atoms with Gasteiger partial charge in [0.2, 0.25) is 0 Å². The highest BCUT2D eigenvalue weighted by Crippen LogP contribution is 2.26. The Balaban J connectivity index is 1.58. The van der Waals surface area contributed by atoms with Crippen molar-refractivity contribution in [2.24, 2.45) is 0 Å². The fourth-order valence-corrected chi connectivity index (χ4v) is 4.16. The third-order valence-electron chi connectivity index (χ3n) is 5.61. The number of hydrogen-bond donors (Lipinski definition) is 0. The van der Waals surface area contributed by atoms with E-state index in [1.165, 1.54) is 18.6 Å². The first-order valence-corrected chi connectivity index (χ1v) is 10.1. The molecule has 1 fully saturated rings. The number of ketones is 1. The lowest BCUT2D eigenvalue weighted by atomic mass is 9.91. The van der Waals surface area contributed by atoms with E-state index in [0.29, 0.717) is 12.0 Å². The molecule has 2 heterocycles. The number of ether oxygens (including phenoxy) is 1. The third-order valence-corrected chi connectivity index (χ3v) is 5.61. The molecule has 0 radical (unpaired) electrons. The minimum Gasteiger partial charge on any atom is -0.369 e. The lowest BCUT2D eigenvalue weighted by Crippen LogP contribution is -2.44. The van der Waals surface area contributed by atoms with Gasteiger partial charge < -0.3 is 9.26 Å². The van der Waals surface area contributed by atoms with Crippen molar-refractivity contribution >= 4 is 16.8 Å². The van der Waals surface area contributed by atoms with E-state index in [1.807, 2.05) is 6.08 Å². The third kappa shape index (κ3) is 4.23. The van der Waals surface area contributed by atoms with Crippen LogP contribution in [0.15, 0.2) is 58.7 Å². The molecule has 2 unspecified atom stereocenters. The van der Waals surface area contributed by atoms with Crippen molar-refractivity contribution < 1.29 is 18.4 Å². The van der Waals surface area contributed by atoms with E-state index in [9.17, 15) is 9.18 Å². The zero-order valence-electron chi connectivity index (χ0n) is 16.5. The van der Waals surface area contributed by atoms with Gasteiger partial charge in [-0.3, -0.25) is 9.69 Å². The predicted octanol–water partition coefficient (Wildman–Crippen LogP) is 4.00. The number of halogens is 1. The van der Waals surface area contributed by atoms with Crippen LogP contribution in [0.5, 0.6) is 0 Å². The highest BCUT2D eigenvalue weighted by molar-refractivity contribution is 5.97. The summed E-state index contributed by atoms with van der Waals surface area (Å²) in [5.41, 5.74) is 2.18. The van der Waals surface area contributed by atoms with Crippen LogP contribution in [-0.2, 0) is 16.0 Å². The summed E-state index contributed by atoms with van der Waals surface area (Å²) in [5, 5.41) is 4.91. The second-order valence-electron chi connectivity index (χ2n) is 7.49. The number of methoxy groups -OCH3 is 1. The molecule has 2 aliphatic rings. The highest BCUT2D eigenvalue weighted by atomic mass is 19.1. The topological polar surface area (TPSA) is 55.6 Å². The van der Waals surface area contributed by atoms with Gasteiger partial charge in [-0.2, -0.15) is 0 Å². The Morgan fingerprint density at radius 3 is 2.97 bits per heavy atom. The van der Waals surface area contributed by atoms with Crippen LogP contribution in [0.25, 0.3) is 11.0 Å². The summed E-state index contributed by atoms with van der Waals surface area (Å²) in [6.07, 6.45) is 13.1. The summed E-state index contributed by atoms with van der Waals surface area (Å²) in [6, 6.07) is 4.45. The Kier molecular flexibility index (Phi) is 6.02. The molecule has 29 heavy (non-hydrogen) atoms. The van der Waals surface area contributed by atoms with Crippen LogP contribution in [0, 0.1) is 5.82 Å². The van der Waals surface area contributed by atoms with Crippen molar-refractivity contribution in [3.63, 3.8) is 0 Å². The lowest BCUT2D eigenvalue weighted by Gasteiger charge is -2.36. The zero-order valence-corrected chi connectivity index (χ0v) is 16.5. The zero-order chi connectivity index (χ0) is 20.2. The van der Waals surface area contributed by atoms with Crippen LogP contribution in [0.2, 0.25) is 0 Å². The molecule has 0 amide bonds. The van der Waals surface area contributed by atoms with Crippen molar-refractivity contribution in [3.8, 4) is 0 Å². The number of fused-ring (bicyclic) bond motifs is 1. The van der Waals surface area contributed by atoms with Crippen molar-refractivity contribution in [1.29, 1.82) is 0 Å². The molecule has 6 heteroatoms. The van der Waals surface area contributed by atoms with Crippen LogP contribution in [0.4, 0.5) is 4.39 Å². The summed E-state index contributed by atoms with van der Waals surface area (Å²) < 4.78 is 24.1. The van der Waals surface area contributed by atoms with Gasteiger partial charge in [-0.15, -0.1) is 0 Å². The maximum Gasteiger partial charge on any atom is 0.188 e. The Bertz CT molecular complexity index is 970. The first-order valence-electron chi connectivity index (χ1n) is 10.1. The molecule has 1 aromatic carbocycles. The van der Waals surface area contributed by atoms with E-state index in [1.54, 1.807) is 25.3 Å². The molecular formula is C23H25FN2O3. The van der Waals surface area contributed by atoms with E-state index < -0.39 is 6.10 Å². The van der Waals surface area contributed by atoms with E-state index in [4.69, 9.17) is 9.26 Å². The number of hydrogen-bond acceptors (Lipinski definition) is 5. The largest absolute Gasteiger partial charge is 0.369 e. The summed E-state index contributed by atoms with van der Waals surface area (Å²) >= 11 is 0. The monoisotopic (exact) mass is 396 g/mol. The Labute approximate surface area is 169 Å². The van der Waals surface area contributed by atoms with Gasteiger partial charge in [0.25, 0.3) is 0 Å². The van der Waals surface area contributed by atoms with Crippen LogP contribution in [0.3, 0.4) is 0 Å². The molecule has 0 saturated carbocycles. The molecule has 1 saturated heterocycles. The molecule has 1 aliphatic carbocycles. The van der Waals surface area contributed by atoms with Gasteiger partial charge >= 0.3 is 0 Å². The number of nitrogens with zero attached hydrogens (tertiary/aromatic N) is 2. The van der Waals surface area contributed by atoms with Gasteiger partial charge in [0, 0.05) is 25.0 Å². The van der Waals surface area contributed by atoms with Crippen molar-refractivity contribution in [2.45, 2.75) is 37.8 Å². The number of allylic oxidation sites excluding steroid dienone is 3. The highest BCUT2D eigenvalue weighted by Gasteiger charge is 2.31. The summed E-state index contributed by atoms with van der Waals surface area (Å²) in [4.78, 5) is 14.7. The molecule has 1 aliphatic heterocycles. The molecule has 2 aromatic rings. The minimum atomic E-state index is -0.549. The molecule has 4 rings (SSSR count). The average Bonchev–Trinajstić information content (AvgIpc) is 3.13. The Morgan fingerprint density at radius 2 is 2.17 bits per heavy atom. The molecule has 2 atom stereocenters. The fourth-order valence-electron chi connectivity index (χ4n) is 4.16. The van der Waals surface area contributed by atoms with Crippen molar-refractivity contribution in [2.75, 3.05) is 20.2 Å². The molecule has 0 N–H and O–H groups in total. The fraction of sp³-hybridized carbons (Fsp3) is 0.391. The smallest absolute Gasteiger partial charge is 0.188 e. The van der Waals surface area contributed by atoms with E-state index in [0.717, 1.165) is 42.6 Å². The van der Waals surface area contributed by atoms with E-state index in [2.05, 4.69) is 22.2 Å². The number of rotatable bonds is 6. The molecule has 1 aromatic heterocycles. The lowest BCUT2D eigenvalue weighted by molar-refractivity contribution is -0.122. The maximum absolute atomic E-state index is 13.4. The minimum absolute atomic E-state index is 0.00948. The standard InChI is InChI=1S/C23H25FN2O3/c1-28-23-18(7-5-10-21(23)27)20(26-13-3-2-4-14-26)9-6-8-19-17-12-11-16(24)15-22(17)29-25-19/h5-7,9-12,15,20,23H,2-4,8,13-14H2,1H3. The predicted molar refractivity (Wildman–Crippen MR) is 109 cm³/mol. The summed E-state index contributed by atoms with van der Waals surface area (Å²) in [5.74, 6) is -0.363. The van der Waals surface area contributed by atoms with Gasteiger partial charge in [0.1, 0.15) is 11.9 Å². The average molecular weight is 396 g/mol. The van der Waals surface area contributed by atoms with Gasteiger partial charge in [-0.05, 0) is 49.7 Å². The number of benzene rings is 1. The van der Waals surface area contributed by atoms with Crippen LogP contribution in [-0.4, -0.2) is 48.2 Å². The van der Waals surface area contributed by atoms with Crippen LogP contribution < -0.4 is 0 Å². The second-order valence-corrected chi connectivity index (χ2v) is 7.49. The van der Waals surface area contributed by atoms with Gasteiger partial charge in [-0.25, -0.2) is 4.39 Å². The quantitative estimate of drug-likeness (QED) is 0.691. The summed E-state index contributed by atoms with van der Waals surface area (Å²) in [6.45, 7) is 1.99. The number of aromatic nitrogens is 1. The molecular weight excluding hydrogens is 371 g/mol. The molecule has 152 valence electrons. The molecule has 0 bridgehead atoms. The van der Waals surface area contributed by atoms with Gasteiger partial charge in [0.15, 0.2) is 11.4 Å².